The van der Waals surface area contributed by atoms with Gasteiger partial charge in [0.2, 0.25) is 5.75 Å². The Hall–Kier alpha value is -3.25. The fourth-order valence-corrected chi connectivity index (χ4v) is 5.57. The highest BCUT2D eigenvalue weighted by Crippen LogP contribution is 2.40. The van der Waals surface area contributed by atoms with E-state index in [0.717, 1.165) is 36.5 Å². The molecule has 1 aromatic heterocycles. The molecule has 0 fully saturated rings. The lowest BCUT2D eigenvalue weighted by Crippen LogP contribution is -2.29. The maximum atomic E-state index is 13.3. The van der Waals surface area contributed by atoms with E-state index in [9.17, 15) is 10.1 Å². The van der Waals surface area contributed by atoms with Crippen LogP contribution in [0.25, 0.3) is 0 Å². The first-order valence-electron chi connectivity index (χ1n) is 12.3. The summed E-state index contributed by atoms with van der Waals surface area (Å²) in [6, 6.07) is 16.0. The molecule has 196 valence electrons. The predicted octanol–water partition coefficient (Wildman–Crippen LogP) is 6.05. The van der Waals surface area contributed by atoms with E-state index in [4.69, 9.17) is 14.2 Å². The van der Waals surface area contributed by atoms with Crippen molar-refractivity contribution in [1.29, 1.82) is 5.26 Å². The number of halogens is 1. The average Bonchev–Trinajstić information content (AvgIpc) is 3.22. The van der Waals surface area contributed by atoms with Crippen molar-refractivity contribution >= 4 is 34.7 Å². The Kier molecular flexibility index (Phi) is 10.2. The van der Waals surface area contributed by atoms with Crippen molar-refractivity contribution < 1.29 is 19.0 Å². The van der Waals surface area contributed by atoms with Gasteiger partial charge in [-0.05, 0) is 50.5 Å². The lowest BCUT2D eigenvalue weighted by atomic mass is 10.0. The number of nitrogens with one attached hydrogen (secondary N) is 1. The second-order valence-electron chi connectivity index (χ2n) is 8.32. The van der Waals surface area contributed by atoms with Crippen LogP contribution in [0.2, 0.25) is 0 Å². The van der Waals surface area contributed by atoms with Gasteiger partial charge in [0.05, 0.1) is 25.4 Å². The Labute approximate surface area is 228 Å². The average molecular weight is 542 g/mol. The van der Waals surface area contributed by atoms with Crippen molar-refractivity contribution in [3.05, 3.63) is 69.6 Å². The van der Waals surface area contributed by atoms with Gasteiger partial charge in [-0.2, -0.15) is 5.26 Å². The molecule has 0 spiro atoms. The van der Waals surface area contributed by atoms with E-state index in [1.54, 1.807) is 12.1 Å². The zero-order valence-corrected chi connectivity index (χ0v) is 23.0. The van der Waals surface area contributed by atoms with Gasteiger partial charge in [0, 0.05) is 30.1 Å². The van der Waals surface area contributed by atoms with E-state index in [1.165, 1.54) is 16.9 Å². The van der Waals surface area contributed by atoms with E-state index in [0.29, 0.717) is 53.2 Å². The van der Waals surface area contributed by atoms with Crippen LogP contribution in [0.1, 0.15) is 52.7 Å². The fraction of sp³-hybridized carbons (Fsp3) is 0.357. The topological polar surface area (TPSA) is 83.8 Å². The highest BCUT2D eigenvalue weighted by molar-refractivity contribution is 7.16. The van der Waals surface area contributed by atoms with Crippen molar-refractivity contribution in [2.75, 3.05) is 31.7 Å². The third-order valence-corrected chi connectivity index (χ3v) is 7.03. The minimum Gasteiger partial charge on any atom is -0.490 e. The number of carbonyl (C=O) groups excluding carboxylic acids is 1. The third kappa shape index (κ3) is 6.55. The molecule has 3 aromatic rings. The van der Waals surface area contributed by atoms with Crippen molar-refractivity contribution in [1.82, 2.24) is 4.90 Å². The molecule has 0 bridgehead atoms. The Bertz CT molecular complexity index is 1230. The quantitative estimate of drug-likeness (QED) is 0.336. The maximum absolute atomic E-state index is 13.3. The first-order chi connectivity index (χ1) is 17.6. The van der Waals surface area contributed by atoms with Crippen molar-refractivity contribution in [2.24, 2.45) is 0 Å². The van der Waals surface area contributed by atoms with Gasteiger partial charge in [0.15, 0.2) is 11.5 Å². The molecule has 0 unspecified atom stereocenters. The number of nitriles is 1. The Morgan fingerprint density at radius 3 is 2.30 bits per heavy atom. The lowest BCUT2D eigenvalue weighted by Gasteiger charge is -2.26. The second kappa shape index (κ2) is 13.3. The SMILES string of the molecule is CCOc1cc(C(=O)Nc2sc3c(c2C#N)CCN(Cc2ccccc2)C3)cc(OCC)c1OCC.Cl. The van der Waals surface area contributed by atoms with Gasteiger partial charge in [0.1, 0.15) is 11.1 Å². The normalized spacial score (nSPS) is 12.6. The first-order valence-corrected chi connectivity index (χ1v) is 13.1. The molecule has 1 aliphatic rings. The van der Waals surface area contributed by atoms with Crippen LogP contribution in [0.3, 0.4) is 0 Å². The van der Waals surface area contributed by atoms with Gasteiger partial charge in [-0.25, -0.2) is 0 Å². The number of fused-ring (bicyclic) bond motifs is 1. The lowest BCUT2D eigenvalue weighted by molar-refractivity contribution is 0.102. The third-order valence-electron chi connectivity index (χ3n) is 5.90. The summed E-state index contributed by atoms with van der Waals surface area (Å²) in [5, 5.41) is 13.5. The molecule has 7 nitrogen and oxygen atoms in total. The number of hydrogen-bond acceptors (Lipinski definition) is 7. The molecule has 2 heterocycles. The van der Waals surface area contributed by atoms with Crippen LogP contribution in [-0.2, 0) is 19.5 Å². The highest BCUT2D eigenvalue weighted by atomic mass is 35.5. The number of thiophene rings is 1. The molecule has 0 aliphatic carbocycles. The molecular weight excluding hydrogens is 510 g/mol. The van der Waals surface area contributed by atoms with Gasteiger partial charge < -0.3 is 19.5 Å². The Morgan fingerprint density at radius 2 is 1.70 bits per heavy atom. The summed E-state index contributed by atoms with van der Waals surface area (Å²) in [7, 11) is 0. The minimum atomic E-state index is -0.323. The van der Waals surface area contributed by atoms with Crippen LogP contribution in [-0.4, -0.2) is 37.2 Å². The van der Waals surface area contributed by atoms with Gasteiger partial charge in [-0.3, -0.25) is 9.69 Å². The van der Waals surface area contributed by atoms with Crippen molar-refractivity contribution in [3.63, 3.8) is 0 Å². The molecule has 9 heteroatoms. The van der Waals surface area contributed by atoms with Crippen LogP contribution >= 0.6 is 23.7 Å². The number of nitrogens with zero attached hydrogens (tertiary/aromatic N) is 2. The molecule has 2 aromatic carbocycles. The van der Waals surface area contributed by atoms with E-state index in [2.05, 4.69) is 28.4 Å². The zero-order valence-electron chi connectivity index (χ0n) is 21.3. The highest BCUT2D eigenvalue weighted by Gasteiger charge is 2.26. The number of benzene rings is 2. The number of ether oxygens (including phenoxy) is 3. The van der Waals surface area contributed by atoms with Gasteiger partial charge in [-0.1, -0.05) is 30.3 Å². The number of rotatable bonds is 10. The second-order valence-corrected chi connectivity index (χ2v) is 9.43. The van der Waals surface area contributed by atoms with Gasteiger partial charge >= 0.3 is 0 Å². The van der Waals surface area contributed by atoms with Crippen LogP contribution in [0.4, 0.5) is 5.00 Å². The van der Waals surface area contributed by atoms with Crippen LogP contribution in [0.15, 0.2) is 42.5 Å². The molecule has 0 radical (unpaired) electrons. The molecule has 37 heavy (non-hydrogen) atoms. The summed E-state index contributed by atoms with van der Waals surface area (Å²) in [5.41, 5.74) is 3.24. The molecule has 0 saturated heterocycles. The molecular formula is C28H32ClN3O4S. The maximum Gasteiger partial charge on any atom is 0.256 e. The van der Waals surface area contributed by atoms with Crippen molar-refractivity contribution in [2.45, 2.75) is 40.3 Å². The number of hydrogen-bond donors (Lipinski definition) is 1. The minimum absolute atomic E-state index is 0. The summed E-state index contributed by atoms with van der Waals surface area (Å²) in [6.07, 6.45) is 0.781. The number of anilines is 1. The molecule has 4 rings (SSSR count). The number of amides is 1. The van der Waals surface area contributed by atoms with E-state index in [-0.39, 0.29) is 18.3 Å². The molecule has 0 atom stereocenters. The largest absolute Gasteiger partial charge is 0.490 e. The molecule has 0 saturated carbocycles. The summed E-state index contributed by atoms with van der Waals surface area (Å²) < 4.78 is 17.2. The standard InChI is InChI=1S/C28H31N3O4S.ClH/c1-4-33-23-14-20(15-24(34-5-2)26(23)35-6-3)27(32)30-28-22(16-29)21-12-13-31(18-25(21)36-28)17-19-10-8-7-9-11-19;/h7-11,14-15H,4-6,12-13,17-18H2,1-3H3,(H,30,32);1H. The Morgan fingerprint density at radius 1 is 1.05 bits per heavy atom. The summed E-state index contributed by atoms with van der Waals surface area (Å²) in [5.74, 6) is 1.08. The van der Waals surface area contributed by atoms with Crippen molar-refractivity contribution in [3.8, 4) is 23.3 Å². The zero-order chi connectivity index (χ0) is 25.5. The van der Waals surface area contributed by atoms with E-state index >= 15 is 0 Å². The molecule has 1 amide bonds. The van der Waals surface area contributed by atoms with E-state index in [1.807, 2.05) is 39.0 Å². The first kappa shape index (κ1) is 28.3. The van der Waals surface area contributed by atoms with Gasteiger partial charge in [-0.15, -0.1) is 23.7 Å². The molecule has 1 aliphatic heterocycles. The van der Waals surface area contributed by atoms with Crippen LogP contribution in [0.5, 0.6) is 17.2 Å². The van der Waals surface area contributed by atoms with E-state index < -0.39 is 0 Å². The van der Waals surface area contributed by atoms with Gasteiger partial charge in [0.25, 0.3) is 5.91 Å². The summed E-state index contributed by atoms with van der Waals surface area (Å²) in [4.78, 5) is 16.8. The smallest absolute Gasteiger partial charge is 0.256 e. The Balaban J connectivity index is 0.00000380. The molecule has 1 N–H and O–H groups in total. The predicted molar refractivity (Wildman–Crippen MR) is 148 cm³/mol. The summed E-state index contributed by atoms with van der Waals surface area (Å²) in [6.45, 7) is 9.40. The van der Waals surface area contributed by atoms with Crippen LogP contribution < -0.4 is 19.5 Å². The number of carbonyl (C=O) groups is 1. The fourth-order valence-electron chi connectivity index (χ4n) is 4.33. The monoisotopic (exact) mass is 541 g/mol. The van der Waals surface area contributed by atoms with Crippen LogP contribution in [0, 0.1) is 11.3 Å². The summed E-state index contributed by atoms with van der Waals surface area (Å²) >= 11 is 1.48.